The zero-order valence-electron chi connectivity index (χ0n) is 13.7. The third kappa shape index (κ3) is 4.95. The summed E-state index contributed by atoms with van der Waals surface area (Å²) in [4.78, 5) is 12.3. The fourth-order valence-corrected chi connectivity index (χ4v) is 2.64. The number of allylic oxidation sites excluding steroid dienone is 1. The summed E-state index contributed by atoms with van der Waals surface area (Å²) in [5.74, 6) is 1.18. The Morgan fingerprint density at radius 1 is 1.43 bits per heavy atom. The van der Waals surface area contributed by atoms with Gasteiger partial charge >= 0.3 is 6.57 Å². The van der Waals surface area contributed by atoms with Crippen LogP contribution in [0.1, 0.15) is 44.6 Å². The largest absolute Gasteiger partial charge is 0.367 e. The van der Waals surface area contributed by atoms with E-state index in [0.717, 1.165) is 18.5 Å². The van der Waals surface area contributed by atoms with Crippen LogP contribution >= 0.6 is 0 Å². The molecule has 1 heterocycles. The molecule has 0 bridgehead atoms. The third-order valence-corrected chi connectivity index (χ3v) is 3.79. The Morgan fingerprint density at radius 2 is 2.17 bits per heavy atom. The highest BCUT2D eigenvalue weighted by Gasteiger charge is 2.15. The molecule has 2 rings (SSSR count). The topological polar surface area (TPSA) is 81.3 Å². The lowest BCUT2D eigenvalue weighted by atomic mass is 9.95. The molecule has 7 nitrogen and oxygen atoms in total. The summed E-state index contributed by atoms with van der Waals surface area (Å²) >= 11 is 0. The summed E-state index contributed by atoms with van der Waals surface area (Å²) < 4.78 is 0. The first-order valence-electron chi connectivity index (χ1n) is 7.85. The van der Waals surface area contributed by atoms with E-state index >= 15 is 0 Å². The molecule has 0 radical (unpaired) electrons. The highest BCUT2D eigenvalue weighted by atomic mass is 15.4. The molecule has 122 valence electrons. The van der Waals surface area contributed by atoms with Gasteiger partial charge in [0.25, 0.3) is 0 Å². The maximum atomic E-state index is 7.52. The molecule has 23 heavy (non-hydrogen) atoms. The minimum Gasteiger partial charge on any atom is -0.367 e. The SMILES string of the molecule is C#[N+]N(C)/C=C(\C)Nc1ncc(C=N)c(NC2CCCCC2)n1. The molecule has 1 aliphatic carbocycles. The zero-order valence-corrected chi connectivity index (χ0v) is 13.7. The van der Waals surface area contributed by atoms with Crippen molar-refractivity contribution in [3.05, 3.63) is 28.6 Å². The molecule has 0 aliphatic heterocycles. The molecule has 1 saturated carbocycles. The monoisotopic (exact) mass is 314 g/mol. The molecule has 0 atom stereocenters. The fourth-order valence-electron chi connectivity index (χ4n) is 2.64. The second-order valence-corrected chi connectivity index (χ2v) is 5.75. The number of nitrogens with one attached hydrogen (secondary N) is 3. The van der Waals surface area contributed by atoms with Crippen LogP contribution in [0.2, 0.25) is 0 Å². The van der Waals surface area contributed by atoms with E-state index in [2.05, 4.69) is 25.6 Å². The van der Waals surface area contributed by atoms with E-state index in [0.29, 0.717) is 23.4 Å². The van der Waals surface area contributed by atoms with Crippen molar-refractivity contribution < 1.29 is 0 Å². The van der Waals surface area contributed by atoms with Gasteiger partial charge in [0, 0.05) is 24.2 Å². The highest BCUT2D eigenvalue weighted by molar-refractivity contribution is 5.84. The lowest BCUT2D eigenvalue weighted by molar-refractivity contribution is 0.462. The van der Waals surface area contributed by atoms with E-state index in [1.807, 2.05) is 6.92 Å². The van der Waals surface area contributed by atoms with E-state index in [4.69, 9.17) is 12.0 Å². The summed E-state index contributed by atoms with van der Waals surface area (Å²) in [6.45, 7) is 7.07. The normalized spacial score (nSPS) is 15.6. The van der Waals surface area contributed by atoms with Gasteiger partial charge in [0.15, 0.2) is 0 Å². The predicted octanol–water partition coefficient (Wildman–Crippen LogP) is 3.30. The van der Waals surface area contributed by atoms with Crippen molar-refractivity contribution >= 4 is 18.0 Å². The van der Waals surface area contributed by atoms with Crippen molar-refractivity contribution in [2.24, 2.45) is 0 Å². The molecule has 0 unspecified atom stereocenters. The van der Waals surface area contributed by atoms with Crippen LogP contribution in [-0.4, -0.2) is 34.3 Å². The molecule has 0 aromatic carbocycles. The first-order valence-corrected chi connectivity index (χ1v) is 7.85. The van der Waals surface area contributed by atoms with E-state index in [1.54, 1.807) is 19.4 Å². The Balaban J connectivity index is 2.13. The van der Waals surface area contributed by atoms with E-state index < -0.39 is 0 Å². The Morgan fingerprint density at radius 3 is 2.83 bits per heavy atom. The number of anilines is 2. The van der Waals surface area contributed by atoms with Crippen molar-refractivity contribution in [3.8, 4) is 6.57 Å². The number of rotatable bonds is 6. The Labute approximate surface area is 137 Å². The second kappa shape index (κ2) is 8.13. The predicted molar refractivity (Wildman–Crippen MR) is 93.9 cm³/mol. The lowest BCUT2D eigenvalue weighted by Gasteiger charge is -2.24. The molecule has 0 saturated heterocycles. The van der Waals surface area contributed by atoms with E-state index in [9.17, 15) is 0 Å². The van der Waals surface area contributed by atoms with Crippen molar-refractivity contribution in [3.63, 3.8) is 0 Å². The van der Waals surface area contributed by atoms with Crippen LogP contribution in [0.25, 0.3) is 4.95 Å². The van der Waals surface area contributed by atoms with Crippen LogP contribution in [0.5, 0.6) is 0 Å². The van der Waals surface area contributed by atoms with Crippen LogP contribution in [0.4, 0.5) is 11.8 Å². The summed E-state index contributed by atoms with van der Waals surface area (Å²) in [5, 5.41) is 15.6. The molecule has 1 aromatic heterocycles. The molecular formula is C16H24N7+. The van der Waals surface area contributed by atoms with Gasteiger partial charge in [0.1, 0.15) is 5.82 Å². The van der Waals surface area contributed by atoms with Crippen LogP contribution in [0, 0.1) is 12.0 Å². The van der Waals surface area contributed by atoms with Crippen LogP contribution < -0.4 is 10.6 Å². The maximum Gasteiger partial charge on any atom is 0.305 e. The molecule has 1 fully saturated rings. The van der Waals surface area contributed by atoms with Crippen LogP contribution in [-0.2, 0) is 0 Å². The zero-order chi connectivity index (χ0) is 16.7. The fraction of sp³-hybridized carbons (Fsp3) is 0.500. The minimum absolute atomic E-state index is 0.420. The molecule has 1 aromatic rings. The van der Waals surface area contributed by atoms with Crippen molar-refractivity contribution in [2.75, 3.05) is 17.7 Å². The van der Waals surface area contributed by atoms with Gasteiger partial charge in [0.05, 0.1) is 23.8 Å². The van der Waals surface area contributed by atoms with Gasteiger partial charge in [-0.3, -0.25) is 0 Å². The molecule has 0 amide bonds. The molecule has 0 spiro atoms. The highest BCUT2D eigenvalue weighted by Crippen LogP contribution is 2.22. The van der Waals surface area contributed by atoms with Gasteiger partial charge in [0.2, 0.25) is 5.95 Å². The molecule has 1 aliphatic rings. The van der Waals surface area contributed by atoms with Gasteiger partial charge in [-0.2, -0.15) is 4.98 Å². The number of hydrogen-bond donors (Lipinski definition) is 3. The van der Waals surface area contributed by atoms with Gasteiger partial charge in [-0.1, -0.05) is 19.3 Å². The number of nitrogens with zero attached hydrogens (tertiary/aromatic N) is 4. The number of hydrogen-bond acceptors (Lipinski definition) is 6. The lowest BCUT2D eigenvalue weighted by Crippen LogP contribution is -2.24. The summed E-state index contributed by atoms with van der Waals surface area (Å²) in [5.41, 5.74) is 1.50. The standard InChI is InChI=1S/C16H24N7/c1-12(11-23(3)18-2)20-16-19-10-13(9-17)15(22-16)21-14-7-5-4-6-8-14/h2,9-11,14,17H,4-8H2,1,3H3,(H2,19,20,21,22)/q+1/b12-11+,17-9?. The smallest absolute Gasteiger partial charge is 0.305 e. The quantitative estimate of drug-likeness (QED) is 0.554. The maximum absolute atomic E-state index is 7.52. The molecule has 3 N–H and O–H groups in total. The first kappa shape index (κ1) is 16.7. The third-order valence-electron chi connectivity index (χ3n) is 3.79. The van der Waals surface area contributed by atoms with Crippen molar-refractivity contribution in [1.82, 2.24) is 15.0 Å². The second-order valence-electron chi connectivity index (χ2n) is 5.75. The first-order chi connectivity index (χ1) is 11.1. The van der Waals surface area contributed by atoms with Crippen LogP contribution in [0.15, 0.2) is 18.1 Å². The van der Waals surface area contributed by atoms with Crippen molar-refractivity contribution in [2.45, 2.75) is 45.1 Å². The van der Waals surface area contributed by atoms with Crippen LogP contribution in [0.3, 0.4) is 0 Å². The molecular weight excluding hydrogens is 290 g/mol. The average Bonchev–Trinajstić information content (AvgIpc) is 2.56. The Bertz CT molecular complexity index is 611. The van der Waals surface area contributed by atoms with Gasteiger partial charge < -0.3 is 16.0 Å². The average molecular weight is 314 g/mol. The minimum atomic E-state index is 0.420. The number of aromatic nitrogens is 2. The van der Waals surface area contributed by atoms with E-state index in [1.165, 1.54) is 30.5 Å². The van der Waals surface area contributed by atoms with Gasteiger partial charge in [-0.05, 0) is 24.8 Å². The van der Waals surface area contributed by atoms with Gasteiger partial charge in [-0.25, -0.2) is 4.98 Å². The summed E-state index contributed by atoms with van der Waals surface area (Å²) in [7, 11) is 1.74. The van der Waals surface area contributed by atoms with Gasteiger partial charge in [-0.15, -0.1) is 0 Å². The van der Waals surface area contributed by atoms with Crippen molar-refractivity contribution in [1.29, 1.82) is 5.41 Å². The Kier molecular flexibility index (Phi) is 5.92. The Hall–Kier alpha value is -2.62. The molecule has 7 heteroatoms. The summed E-state index contributed by atoms with van der Waals surface area (Å²) in [6, 6.07) is 0.420. The van der Waals surface area contributed by atoms with E-state index in [-0.39, 0.29) is 0 Å². The summed E-state index contributed by atoms with van der Waals surface area (Å²) in [6.07, 6.45) is 10.7.